The molecule has 1 atom stereocenters. The zero-order valence-electron chi connectivity index (χ0n) is 17.3. The Labute approximate surface area is 176 Å². The topological polar surface area (TPSA) is 93.9 Å². The minimum atomic E-state index is -0.831. The summed E-state index contributed by atoms with van der Waals surface area (Å²) in [5, 5.41) is 3.63. The largest absolute Gasteiger partial charge is 0.410 e. The van der Waals surface area contributed by atoms with Gasteiger partial charge in [0.05, 0.1) is 19.3 Å². The van der Waals surface area contributed by atoms with E-state index in [2.05, 4.69) is 30.1 Å². The van der Waals surface area contributed by atoms with Crippen LogP contribution in [-0.2, 0) is 11.2 Å². The van der Waals surface area contributed by atoms with Gasteiger partial charge in [0.1, 0.15) is 12.0 Å². The summed E-state index contributed by atoms with van der Waals surface area (Å²) in [7, 11) is 0. The molecule has 3 N–H and O–H groups in total. The highest BCUT2D eigenvalue weighted by atomic mass is 16.5. The van der Waals surface area contributed by atoms with Gasteiger partial charge in [-0.3, -0.25) is 4.79 Å². The molecule has 2 heterocycles. The lowest BCUT2D eigenvalue weighted by molar-refractivity contribution is 0.112. The Kier molecular flexibility index (Phi) is 5.39. The van der Waals surface area contributed by atoms with Crippen LogP contribution in [0, 0.1) is 5.41 Å². The third kappa shape index (κ3) is 4.11. The zero-order chi connectivity index (χ0) is 21.3. The second-order valence-corrected chi connectivity index (χ2v) is 8.56. The van der Waals surface area contributed by atoms with Crippen molar-refractivity contribution in [3.8, 4) is 5.75 Å². The lowest BCUT2D eigenvalue weighted by atomic mass is 9.72. The van der Waals surface area contributed by atoms with Crippen LogP contribution < -0.4 is 20.7 Å². The lowest BCUT2D eigenvalue weighted by Gasteiger charge is -2.42. The molecule has 0 spiro atoms. The Morgan fingerprint density at radius 3 is 2.70 bits per heavy atom. The van der Waals surface area contributed by atoms with Crippen molar-refractivity contribution in [1.29, 1.82) is 0 Å². The number of aldehydes is 1. The minimum Gasteiger partial charge on any atom is -0.410 e. The third-order valence-corrected chi connectivity index (χ3v) is 5.83. The predicted octanol–water partition coefficient (Wildman–Crippen LogP) is 3.53. The van der Waals surface area contributed by atoms with Crippen LogP contribution in [0.4, 0.5) is 16.2 Å². The highest BCUT2D eigenvalue weighted by molar-refractivity contribution is 5.77. The summed E-state index contributed by atoms with van der Waals surface area (Å²) in [4.78, 5) is 24.8. The predicted molar refractivity (Wildman–Crippen MR) is 115 cm³/mol. The first-order valence-electron chi connectivity index (χ1n) is 10.2. The molecule has 1 amide bonds. The summed E-state index contributed by atoms with van der Waals surface area (Å²) < 4.78 is 10.7. The van der Waals surface area contributed by atoms with E-state index >= 15 is 0 Å². The van der Waals surface area contributed by atoms with Crippen molar-refractivity contribution in [1.82, 2.24) is 0 Å². The van der Waals surface area contributed by atoms with Gasteiger partial charge in [0.25, 0.3) is 0 Å². The fourth-order valence-corrected chi connectivity index (χ4v) is 4.40. The number of nitrogens with zero attached hydrogens (tertiary/aromatic N) is 1. The number of anilines is 2. The first-order valence-corrected chi connectivity index (χ1v) is 10.2. The molecule has 0 aliphatic carbocycles. The summed E-state index contributed by atoms with van der Waals surface area (Å²) in [5.74, 6) is 0.432. The molecular formula is C23H27N3O4. The van der Waals surface area contributed by atoms with Gasteiger partial charge in [0.15, 0.2) is 0 Å². The summed E-state index contributed by atoms with van der Waals surface area (Å²) in [5.41, 5.74) is 9.96. The Morgan fingerprint density at radius 1 is 1.23 bits per heavy atom. The first-order chi connectivity index (χ1) is 14.4. The smallest absolute Gasteiger partial charge is 0.409 e. The summed E-state index contributed by atoms with van der Waals surface area (Å²) in [6, 6.07) is 11.6. The Hall–Kier alpha value is -3.06. The molecule has 7 heteroatoms. The molecule has 1 unspecified atom stereocenters. The van der Waals surface area contributed by atoms with E-state index in [1.165, 1.54) is 0 Å². The second-order valence-electron chi connectivity index (χ2n) is 8.56. The highest BCUT2D eigenvalue weighted by Crippen LogP contribution is 2.46. The van der Waals surface area contributed by atoms with E-state index in [4.69, 9.17) is 15.2 Å². The number of carbonyl (C=O) groups is 2. The van der Waals surface area contributed by atoms with E-state index in [1.54, 1.807) is 0 Å². The van der Waals surface area contributed by atoms with Crippen molar-refractivity contribution >= 4 is 23.8 Å². The fourth-order valence-electron chi connectivity index (χ4n) is 4.40. The number of fused-ring (bicyclic) bond motifs is 1. The van der Waals surface area contributed by atoms with Gasteiger partial charge in [0, 0.05) is 36.1 Å². The molecule has 0 radical (unpaired) electrons. The number of hydrogen-bond donors (Lipinski definition) is 2. The van der Waals surface area contributed by atoms with Gasteiger partial charge in [-0.1, -0.05) is 13.8 Å². The summed E-state index contributed by atoms with van der Waals surface area (Å²) in [6.07, 6.45) is 0.858. The molecule has 2 aliphatic rings. The molecule has 1 saturated heterocycles. The molecule has 0 bridgehead atoms. The van der Waals surface area contributed by atoms with Gasteiger partial charge in [-0.2, -0.15) is 0 Å². The van der Waals surface area contributed by atoms with Crippen LogP contribution >= 0.6 is 0 Å². The number of nitrogens with two attached hydrogens (primary N) is 1. The maximum atomic E-state index is 11.4. The number of primary amides is 1. The SMILES string of the molecule is CC1(C)Cc2cc(C=O)ccc2NC1c1cc(OC(N)=O)cc(N2CCOCC2)c1. The minimum absolute atomic E-state index is 0.0108. The monoisotopic (exact) mass is 409 g/mol. The van der Waals surface area contributed by atoms with Crippen LogP contribution in [0.15, 0.2) is 36.4 Å². The lowest BCUT2D eigenvalue weighted by Crippen LogP contribution is -2.37. The standard InChI is InChI=1S/C23H27N3O4/c1-23(2)13-17-9-15(14-27)3-4-20(17)25-21(23)16-10-18(26-5-7-29-8-6-26)12-19(11-16)30-22(24)28/h3-4,9-12,14,21,25H,5-8,13H2,1-2H3,(H2,24,28). The Morgan fingerprint density at radius 2 is 2.00 bits per heavy atom. The van der Waals surface area contributed by atoms with E-state index < -0.39 is 6.09 Å². The van der Waals surface area contributed by atoms with Gasteiger partial charge in [-0.05, 0) is 53.3 Å². The van der Waals surface area contributed by atoms with Gasteiger partial charge in [-0.25, -0.2) is 4.79 Å². The average molecular weight is 409 g/mol. The van der Waals surface area contributed by atoms with E-state index in [1.807, 2.05) is 30.3 Å². The molecule has 2 aromatic rings. The molecular weight excluding hydrogens is 382 g/mol. The quantitative estimate of drug-likeness (QED) is 0.751. The molecule has 1 fully saturated rings. The molecule has 0 saturated carbocycles. The van der Waals surface area contributed by atoms with Crippen LogP contribution in [-0.4, -0.2) is 38.7 Å². The number of carbonyl (C=O) groups excluding carboxylic acids is 2. The number of benzene rings is 2. The van der Waals surface area contributed by atoms with Crippen molar-refractivity contribution in [2.45, 2.75) is 26.3 Å². The van der Waals surface area contributed by atoms with Gasteiger partial charge in [0.2, 0.25) is 0 Å². The number of amides is 1. The van der Waals surface area contributed by atoms with E-state index in [9.17, 15) is 9.59 Å². The van der Waals surface area contributed by atoms with Crippen molar-refractivity contribution < 1.29 is 19.1 Å². The number of nitrogens with one attached hydrogen (secondary N) is 1. The van der Waals surface area contributed by atoms with Gasteiger partial charge in [-0.15, -0.1) is 0 Å². The molecule has 4 rings (SSSR count). The van der Waals surface area contributed by atoms with Crippen LogP contribution in [0.3, 0.4) is 0 Å². The second kappa shape index (κ2) is 7.99. The number of rotatable bonds is 4. The maximum absolute atomic E-state index is 11.4. The van der Waals surface area contributed by atoms with Crippen molar-refractivity contribution in [2.75, 3.05) is 36.5 Å². The molecule has 158 valence electrons. The number of ether oxygens (including phenoxy) is 2. The van der Waals surface area contributed by atoms with Crippen LogP contribution in [0.1, 0.15) is 41.4 Å². The van der Waals surface area contributed by atoms with E-state index in [0.29, 0.717) is 24.5 Å². The average Bonchev–Trinajstić information content (AvgIpc) is 2.72. The first kappa shape index (κ1) is 20.2. The normalized spacial score (nSPS) is 20.1. The molecule has 2 aliphatic heterocycles. The Bertz CT molecular complexity index is 967. The number of morpholine rings is 1. The zero-order valence-corrected chi connectivity index (χ0v) is 17.3. The van der Waals surface area contributed by atoms with E-state index in [0.717, 1.165) is 48.3 Å². The summed E-state index contributed by atoms with van der Waals surface area (Å²) in [6.45, 7) is 7.26. The van der Waals surface area contributed by atoms with Crippen LogP contribution in [0.2, 0.25) is 0 Å². The summed E-state index contributed by atoms with van der Waals surface area (Å²) >= 11 is 0. The number of hydrogen-bond acceptors (Lipinski definition) is 6. The van der Waals surface area contributed by atoms with Crippen molar-refractivity contribution in [3.63, 3.8) is 0 Å². The highest BCUT2D eigenvalue weighted by Gasteiger charge is 2.36. The molecule has 0 aromatic heterocycles. The third-order valence-electron chi connectivity index (χ3n) is 5.83. The maximum Gasteiger partial charge on any atom is 0.409 e. The van der Waals surface area contributed by atoms with Crippen LogP contribution in [0.25, 0.3) is 0 Å². The van der Waals surface area contributed by atoms with Gasteiger partial charge < -0.3 is 25.4 Å². The van der Waals surface area contributed by atoms with Crippen molar-refractivity contribution in [3.05, 3.63) is 53.1 Å². The van der Waals surface area contributed by atoms with E-state index in [-0.39, 0.29) is 11.5 Å². The molecule has 2 aromatic carbocycles. The Balaban J connectivity index is 1.73. The molecule has 7 nitrogen and oxygen atoms in total. The fraction of sp³-hybridized carbons (Fsp3) is 0.391. The van der Waals surface area contributed by atoms with Crippen LogP contribution in [0.5, 0.6) is 5.75 Å². The van der Waals surface area contributed by atoms with Gasteiger partial charge >= 0.3 is 6.09 Å². The van der Waals surface area contributed by atoms with Crippen molar-refractivity contribution in [2.24, 2.45) is 11.1 Å². The molecule has 30 heavy (non-hydrogen) atoms.